The predicted molar refractivity (Wildman–Crippen MR) is 117 cm³/mol. The molecule has 0 aliphatic rings. The van der Waals surface area contributed by atoms with Gasteiger partial charge in [0.25, 0.3) is 6.47 Å². The number of anilines is 1. The molecule has 178 valence electrons. The lowest BCUT2D eigenvalue weighted by atomic mass is 10.1. The number of imidazole rings is 1. The van der Waals surface area contributed by atoms with Gasteiger partial charge in [-0.05, 0) is 31.2 Å². The van der Waals surface area contributed by atoms with Gasteiger partial charge in [0.15, 0.2) is 0 Å². The Morgan fingerprint density at radius 3 is 2.59 bits per heavy atom. The molecule has 0 fully saturated rings. The van der Waals surface area contributed by atoms with Gasteiger partial charge < -0.3 is 15.7 Å². The highest BCUT2D eigenvalue weighted by molar-refractivity contribution is 5.90. The van der Waals surface area contributed by atoms with E-state index in [1.54, 1.807) is 34.4 Å². The van der Waals surface area contributed by atoms with Crippen molar-refractivity contribution in [2.24, 2.45) is 7.05 Å². The highest BCUT2D eigenvalue weighted by atomic mass is 19.4. The number of nitrogens with zero attached hydrogens (tertiary/aromatic N) is 5. The van der Waals surface area contributed by atoms with Gasteiger partial charge in [0.1, 0.15) is 17.9 Å². The molecule has 0 radical (unpaired) electrons. The molecule has 1 aromatic carbocycles. The third-order valence-electron chi connectivity index (χ3n) is 4.76. The molecule has 0 aliphatic heterocycles. The first-order valence-corrected chi connectivity index (χ1v) is 9.76. The summed E-state index contributed by atoms with van der Waals surface area (Å²) in [7, 11) is 1.82. The second-order valence-corrected chi connectivity index (χ2v) is 7.04. The number of carbonyl (C=O) groups is 2. The van der Waals surface area contributed by atoms with Crippen molar-refractivity contribution in [1.82, 2.24) is 29.7 Å². The highest BCUT2D eigenvalue weighted by Crippen LogP contribution is 2.27. The standard InChI is InChI=1S/C20H18F3N7O.CH2O2/c1-12-18(27-28-29(12)2)14-6-7-30-16(10-24-17(30)9-14)13-4-3-5-15(8-13)26-19(31)25-11-20(21,22)23;2-1-3/h3-10H,11H2,1-2H3,(H2,25,26,31);1H,(H,2,3). The topological polar surface area (TPSA) is 126 Å². The van der Waals surface area contributed by atoms with Crippen LogP contribution in [-0.4, -0.2) is 54.7 Å². The Morgan fingerprint density at radius 1 is 1.21 bits per heavy atom. The number of carbonyl (C=O) groups excluding carboxylic acids is 1. The first kappa shape index (κ1) is 24.2. The monoisotopic (exact) mass is 475 g/mol. The van der Waals surface area contributed by atoms with E-state index in [-0.39, 0.29) is 6.47 Å². The summed E-state index contributed by atoms with van der Waals surface area (Å²) in [6, 6.07) is 9.65. The molecule has 13 heteroatoms. The molecule has 4 aromatic rings. The summed E-state index contributed by atoms with van der Waals surface area (Å²) >= 11 is 0. The first-order valence-electron chi connectivity index (χ1n) is 9.76. The van der Waals surface area contributed by atoms with Crippen LogP contribution in [0.3, 0.4) is 0 Å². The zero-order valence-corrected chi connectivity index (χ0v) is 18.0. The second kappa shape index (κ2) is 10.0. The fourth-order valence-corrected chi connectivity index (χ4v) is 3.12. The van der Waals surface area contributed by atoms with Crippen molar-refractivity contribution in [2.45, 2.75) is 13.1 Å². The van der Waals surface area contributed by atoms with E-state index in [4.69, 9.17) is 9.90 Å². The average molecular weight is 475 g/mol. The molecule has 0 bridgehead atoms. The summed E-state index contributed by atoms with van der Waals surface area (Å²) in [4.78, 5) is 24.5. The Balaban J connectivity index is 0.00000103. The summed E-state index contributed by atoms with van der Waals surface area (Å²) in [5.41, 5.74) is 5.13. The van der Waals surface area contributed by atoms with Crippen LogP contribution in [-0.2, 0) is 11.8 Å². The van der Waals surface area contributed by atoms with Crippen LogP contribution < -0.4 is 10.6 Å². The van der Waals surface area contributed by atoms with Crippen molar-refractivity contribution < 1.29 is 27.9 Å². The summed E-state index contributed by atoms with van der Waals surface area (Å²) in [5, 5.41) is 19.3. The van der Waals surface area contributed by atoms with Crippen LogP contribution in [0.4, 0.5) is 23.7 Å². The second-order valence-electron chi connectivity index (χ2n) is 7.04. The van der Waals surface area contributed by atoms with Gasteiger partial charge in [-0.1, -0.05) is 17.3 Å². The van der Waals surface area contributed by atoms with Gasteiger partial charge in [-0.2, -0.15) is 13.2 Å². The smallest absolute Gasteiger partial charge is 0.405 e. The third-order valence-corrected chi connectivity index (χ3v) is 4.76. The quantitative estimate of drug-likeness (QED) is 0.388. The molecule has 3 heterocycles. The minimum absolute atomic E-state index is 0.250. The van der Waals surface area contributed by atoms with Gasteiger partial charge >= 0.3 is 12.2 Å². The number of amides is 2. The van der Waals surface area contributed by atoms with Crippen molar-refractivity contribution in [3.05, 3.63) is 54.5 Å². The van der Waals surface area contributed by atoms with Gasteiger partial charge in [-0.3, -0.25) is 13.9 Å². The predicted octanol–water partition coefficient (Wildman–Crippen LogP) is 3.49. The van der Waals surface area contributed by atoms with Crippen LogP contribution in [0.5, 0.6) is 0 Å². The number of urea groups is 1. The van der Waals surface area contributed by atoms with Gasteiger partial charge in [0.2, 0.25) is 0 Å². The number of hydrogen-bond acceptors (Lipinski definition) is 5. The van der Waals surface area contributed by atoms with Crippen LogP contribution in [0.2, 0.25) is 0 Å². The maximum atomic E-state index is 12.3. The molecular formula is C21H20F3N7O3. The normalized spacial score (nSPS) is 11.0. The first-order chi connectivity index (χ1) is 16.1. The number of halogens is 3. The Labute approximate surface area is 191 Å². The third kappa shape index (κ3) is 5.68. The van der Waals surface area contributed by atoms with Crippen molar-refractivity contribution in [2.75, 3.05) is 11.9 Å². The van der Waals surface area contributed by atoms with Crippen molar-refractivity contribution in [3.8, 4) is 22.5 Å². The van der Waals surface area contributed by atoms with E-state index in [1.165, 1.54) is 0 Å². The summed E-state index contributed by atoms with van der Waals surface area (Å²) in [6.45, 7) is 0.277. The lowest BCUT2D eigenvalue weighted by Gasteiger charge is -2.11. The van der Waals surface area contributed by atoms with Crippen molar-refractivity contribution in [1.29, 1.82) is 0 Å². The number of benzene rings is 1. The van der Waals surface area contributed by atoms with Gasteiger partial charge in [-0.25, -0.2) is 9.78 Å². The molecular weight excluding hydrogens is 455 g/mol. The number of carboxylic acid groups (broad SMARTS) is 1. The van der Waals surface area contributed by atoms with E-state index in [2.05, 4.69) is 20.6 Å². The fraction of sp³-hybridized carbons (Fsp3) is 0.190. The molecule has 34 heavy (non-hydrogen) atoms. The number of rotatable bonds is 4. The van der Waals surface area contributed by atoms with Crippen molar-refractivity contribution >= 4 is 23.8 Å². The van der Waals surface area contributed by atoms with Crippen LogP contribution in [0.1, 0.15) is 5.69 Å². The molecule has 0 saturated carbocycles. The molecule has 0 saturated heterocycles. The van der Waals surface area contributed by atoms with Crippen LogP contribution in [0.25, 0.3) is 28.2 Å². The number of aromatic nitrogens is 5. The highest BCUT2D eigenvalue weighted by Gasteiger charge is 2.27. The number of hydrogen-bond donors (Lipinski definition) is 3. The largest absolute Gasteiger partial charge is 0.483 e. The van der Waals surface area contributed by atoms with Gasteiger partial charge in [0, 0.05) is 30.1 Å². The maximum Gasteiger partial charge on any atom is 0.405 e. The summed E-state index contributed by atoms with van der Waals surface area (Å²) in [5.74, 6) is 0. The Morgan fingerprint density at radius 2 is 1.94 bits per heavy atom. The molecule has 0 aliphatic carbocycles. The molecule has 10 nitrogen and oxygen atoms in total. The fourth-order valence-electron chi connectivity index (χ4n) is 3.12. The Kier molecular flexibility index (Phi) is 7.14. The minimum atomic E-state index is -4.47. The Bertz CT molecular complexity index is 1310. The number of aryl methyl sites for hydroxylation is 1. The molecule has 3 N–H and O–H groups in total. The summed E-state index contributed by atoms with van der Waals surface area (Å²) < 4.78 is 40.3. The Hall–Kier alpha value is -4.42. The zero-order chi connectivity index (χ0) is 24.9. The van der Waals surface area contributed by atoms with E-state index in [0.29, 0.717) is 11.3 Å². The van der Waals surface area contributed by atoms with Gasteiger partial charge in [-0.15, -0.1) is 5.10 Å². The number of alkyl halides is 3. The zero-order valence-electron chi connectivity index (χ0n) is 18.0. The average Bonchev–Trinajstić information content (AvgIpc) is 3.35. The molecule has 0 unspecified atom stereocenters. The van der Waals surface area contributed by atoms with E-state index in [0.717, 1.165) is 28.2 Å². The van der Waals surface area contributed by atoms with E-state index in [1.807, 2.05) is 42.8 Å². The lowest BCUT2D eigenvalue weighted by molar-refractivity contribution is -0.123. The van der Waals surface area contributed by atoms with Crippen LogP contribution in [0.15, 0.2) is 48.8 Å². The molecule has 2 amide bonds. The minimum Gasteiger partial charge on any atom is -0.483 e. The van der Waals surface area contributed by atoms with E-state index in [9.17, 15) is 18.0 Å². The van der Waals surface area contributed by atoms with E-state index >= 15 is 0 Å². The SMILES string of the molecule is Cc1c(-c2ccn3c(-c4cccc(NC(=O)NCC(F)(F)F)c4)cnc3c2)nnn1C.O=CO. The summed E-state index contributed by atoms with van der Waals surface area (Å²) in [6.07, 6.45) is -0.929. The maximum absolute atomic E-state index is 12.3. The van der Waals surface area contributed by atoms with Gasteiger partial charge in [0.05, 0.1) is 17.6 Å². The van der Waals surface area contributed by atoms with Crippen LogP contribution >= 0.6 is 0 Å². The van der Waals surface area contributed by atoms with Crippen LogP contribution in [0, 0.1) is 6.92 Å². The number of fused-ring (bicyclic) bond motifs is 1. The lowest BCUT2D eigenvalue weighted by Crippen LogP contribution is -2.36. The number of pyridine rings is 1. The molecule has 3 aromatic heterocycles. The van der Waals surface area contributed by atoms with Crippen molar-refractivity contribution in [3.63, 3.8) is 0 Å². The van der Waals surface area contributed by atoms with E-state index < -0.39 is 18.8 Å². The molecule has 4 rings (SSSR count). The molecule has 0 atom stereocenters. The molecule has 0 spiro atoms. The number of nitrogens with one attached hydrogen (secondary N) is 2.